The van der Waals surface area contributed by atoms with Crippen molar-refractivity contribution in [2.45, 2.75) is 30.6 Å². The molecule has 2 amide bonds. The minimum atomic E-state index is -0.478. The van der Waals surface area contributed by atoms with E-state index in [1.54, 1.807) is 24.3 Å². The van der Waals surface area contributed by atoms with Crippen molar-refractivity contribution in [2.24, 2.45) is 4.99 Å². The van der Waals surface area contributed by atoms with Gasteiger partial charge in [-0.1, -0.05) is 30.0 Å². The number of ether oxygens (including phenoxy) is 2. The van der Waals surface area contributed by atoms with Crippen LogP contribution < -0.4 is 15.4 Å². The number of amidine groups is 1. The molecular formula is C22H23N3O4S. The Labute approximate surface area is 179 Å². The molecule has 0 aromatic heterocycles. The first-order chi connectivity index (χ1) is 14.7. The Balaban J connectivity index is 1.26. The Bertz CT molecular complexity index is 912. The van der Waals surface area contributed by atoms with Crippen molar-refractivity contribution in [1.82, 2.24) is 5.32 Å². The number of aliphatic imine (C=N–C) groups is 1. The molecule has 0 bridgehead atoms. The number of hydrogen-bond acceptors (Lipinski definition) is 6. The molecule has 8 heteroatoms. The van der Waals surface area contributed by atoms with Gasteiger partial charge in [-0.25, -0.2) is 0 Å². The average Bonchev–Trinajstić information content (AvgIpc) is 3.39. The smallest absolute Gasteiger partial charge is 0.240 e. The van der Waals surface area contributed by atoms with Crippen molar-refractivity contribution >= 4 is 34.4 Å². The number of hydrogen-bond donors (Lipinski definition) is 2. The zero-order valence-electron chi connectivity index (χ0n) is 16.4. The van der Waals surface area contributed by atoms with Crippen LogP contribution in [-0.2, 0) is 14.3 Å². The van der Waals surface area contributed by atoms with Gasteiger partial charge in [0.05, 0.1) is 12.6 Å². The van der Waals surface area contributed by atoms with Gasteiger partial charge in [0.25, 0.3) is 0 Å². The van der Waals surface area contributed by atoms with Crippen molar-refractivity contribution in [3.63, 3.8) is 0 Å². The number of thioether (sulfide) groups is 1. The summed E-state index contributed by atoms with van der Waals surface area (Å²) in [5.41, 5.74) is 0.649. The lowest BCUT2D eigenvalue weighted by Gasteiger charge is -2.09. The second kappa shape index (κ2) is 9.77. The van der Waals surface area contributed by atoms with Crippen LogP contribution >= 0.6 is 11.8 Å². The third-order valence-electron chi connectivity index (χ3n) is 4.73. The molecule has 0 aliphatic carbocycles. The van der Waals surface area contributed by atoms with Crippen LogP contribution in [0.4, 0.5) is 5.69 Å². The fourth-order valence-corrected chi connectivity index (χ4v) is 4.18. The Morgan fingerprint density at radius 3 is 2.67 bits per heavy atom. The fourth-order valence-electron chi connectivity index (χ4n) is 3.20. The zero-order chi connectivity index (χ0) is 20.8. The highest BCUT2D eigenvalue weighted by Crippen LogP contribution is 2.25. The van der Waals surface area contributed by atoms with E-state index in [1.807, 2.05) is 30.3 Å². The number of benzene rings is 2. The third-order valence-corrected chi connectivity index (χ3v) is 5.85. The molecule has 2 aliphatic rings. The van der Waals surface area contributed by atoms with Crippen LogP contribution in [0.2, 0.25) is 0 Å². The van der Waals surface area contributed by atoms with E-state index < -0.39 is 5.25 Å². The summed E-state index contributed by atoms with van der Waals surface area (Å²) < 4.78 is 11.3. The molecule has 2 aromatic rings. The molecule has 30 heavy (non-hydrogen) atoms. The molecule has 2 atom stereocenters. The van der Waals surface area contributed by atoms with E-state index in [2.05, 4.69) is 15.6 Å². The van der Waals surface area contributed by atoms with Gasteiger partial charge < -0.3 is 20.1 Å². The summed E-state index contributed by atoms with van der Waals surface area (Å²) in [7, 11) is 0. The molecule has 156 valence electrons. The van der Waals surface area contributed by atoms with Gasteiger partial charge in [0.1, 0.15) is 16.7 Å². The average molecular weight is 426 g/mol. The Hall–Kier alpha value is -2.84. The lowest BCUT2D eigenvalue weighted by molar-refractivity contribution is -0.122. The van der Waals surface area contributed by atoms with E-state index in [-0.39, 0.29) is 24.3 Å². The van der Waals surface area contributed by atoms with E-state index >= 15 is 0 Å². The van der Waals surface area contributed by atoms with Crippen LogP contribution in [0.15, 0.2) is 59.6 Å². The van der Waals surface area contributed by atoms with Crippen LogP contribution in [-0.4, -0.2) is 41.5 Å². The maximum atomic E-state index is 12.4. The predicted molar refractivity (Wildman–Crippen MR) is 117 cm³/mol. The zero-order valence-corrected chi connectivity index (χ0v) is 17.2. The van der Waals surface area contributed by atoms with Crippen LogP contribution in [0.25, 0.3) is 0 Å². The SMILES string of the molecule is O=C(CC1SC(=NCC2CCCO2)NC1=O)Nc1ccc(Oc2ccccc2)cc1. The van der Waals surface area contributed by atoms with E-state index in [0.717, 1.165) is 25.2 Å². The number of nitrogens with zero attached hydrogens (tertiary/aromatic N) is 1. The Morgan fingerprint density at radius 1 is 1.17 bits per heavy atom. The first kappa shape index (κ1) is 20.4. The maximum absolute atomic E-state index is 12.4. The molecule has 0 radical (unpaired) electrons. The van der Waals surface area contributed by atoms with Crippen molar-refractivity contribution in [3.05, 3.63) is 54.6 Å². The van der Waals surface area contributed by atoms with Crippen LogP contribution in [0.1, 0.15) is 19.3 Å². The van der Waals surface area contributed by atoms with Crippen LogP contribution in [0.3, 0.4) is 0 Å². The minimum absolute atomic E-state index is 0.0811. The van der Waals surface area contributed by atoms with Crippen molar-refractivity contribution in [3.8, 4) is 11.5 Å². The largest absolute Gasteiger partial charge is 0.457 e. The van der Waals surface area contributed by atoms with Gasteiger partial charge in [-0.2, -0.15) is 0 Å². The van der Waals surface area contributed by atoms with Gasteiger partial charge in [-0.15, -0.1) is 0 Å². The number of carbonyl (C=O) groups is 2. The van der Waals surface area contributed by atoms with Crippen LogP contribution in [0.5, 0.6) is 11.5 Å². The maximum Gasteiger partial charge on any atom is 0.240 e. The van der Waals surface area contributed by atoms with Gasteiger partial charge in [0.2, 0.25) is 11.8 Å². The lowest BCUT2D eigenvalue weighted by Crippen LogP contribution is -2.28. The molecular weight excluding hydrogens is 402 g/mol. The fraction of sp³-hybridized carbons (Fsp3) is 0.318. The first-order valence-electron chi connectivity index (χ1n) is 9.92. The highest BCUT2D eigenvalue weighted by atomic mass is 32.2. The molecule has 2 saturated heterocycles. The van der Waals surface area contributed by atoms with E-state index in [9.17, 15) is 9.59 Å². The second-order valence-corrected chi connectivity index (χ2v) is 8.26. The van der Waals surface area contributed by atoms with E-state index in [0.29, 0.717) is 23.1 Å². The number of anilines is 1. The normalized spacial score (nSPS) is 22.1. The van der Waals surface area contributed by atoms with Gasteiger partial charge in [0, 0.05) is 18.7 Å². The van der Waals surface area contributed by atoms with Gasteiger partial charge >= 0.3 is 0 Å². The molecule has 2 fully saturated rings. The number of carbonyl (C=O) groups excluding carboxylic acids is 2. The number of para-hydroxylation sites is 1. The third kappa shape index (κ3) is 5.61. The summed E-state index contributed by atoms with van der Waals surface area (Å²) in [6.45, 7) is 1.32. The summed E-state index contributed by atoms with van der Waals surface area (Å²) in [5, 5.41) is 5.66. The quantitative estimate of drug-likeness (QED) is 0.708. The number of amides is 2. The highest BCUT2D eigenvalue weighted by molar-refractivity contribution is 8.15. The predicted octanol–water partition coefficient (Wildman–Crippen LogP) is 3.57. The van der Waals surface area contributed by atoms with E-state index in [1.165, 1.54) is 11.8 Å². The van der Waals surface area contributed by atoms with Crippen molar-refractivity contribution < 1.29 is 19.1 Å². The summed E-state index contributed by atoms with van der Waals surface area (Å²) >= 11 is 1.30. The monoisotopic (exact) mass is 425 g/mol. The Morgan fingerprint density at radius 2 is 1.93 bits per heavy atom. The first-order valence-corrected chi connectivity index (χ1v) is 10.8. The van der Waals surface area contributed by atoms with Gasteiger partial charge in [0.15, 0.2) is 5.17 Å². The summed E-state index contributed by atoms with van der Waals surface area (Å²) in [6, 6.07) is 16.6. The minimum Gasteiger partial charge on any atom is -0.457 e. The highest BCUT2D eigenvalue weighted by Gasteiger charge is 2.32. The molecule has 0 saturated carbocycles. The standard InChI is InChI=1S/C22H23N3O4S/c26-20(13-19-21(27)25-22(30-19)23-14-18-7-4-12-28-18)24-15-8-10-17(11-9-15)29-16-5-2-1-3-6-16/h1-3,5-6,8-11,18-19H,4,7,12-14H2,(H,24,26)(H,23,25,27). The van der Waals surface area contributed by atoms with Crippen molar-refractivity contribution in [2.75, 3.05) is 18.5 Å². The molecule has 2 aromatic carbocycles. The number of nitrogens with one attached hydrogen (secondary N) is 2. The molecule has 4 rings (SSSR count). The van der Waals surface area contributed by atoms with Gasteiger partial charge in [-0.3, -0.25) is 14.6 Å². The molecule has 2 unspecified atom stereocenters. The molecule has 2 heterocycles. The Kier molecular flexibility index (Phi) is 6.66. The lowest BCUT2D eigenvalue weighted by atomic mass is 10.2. The number of rotatable bonds is 7. The topological polar surface area (TPSA) is 89.0 Å². The molecule has 2 N–H and O–H groups in total. The van der Waals surface area contributed by atoms with Crippen molar-refractivity contribution in [1.29, 1.82) is 0 Å². The molecule has 7 nitrogen and oxygen atoms in total. The van der Waals surface area contributed by atoms with Gasteiger partial charge in [-0.05, 0) is 49.2 Å². The van der Waals surface area contributed by atoms with E-state index in [4.69, 9.17) is 9.47 Å². The summed E-state index contributed by atoms with van der Waals surface area (Å²) in [4.78, 5) is 28.9. The summed E-state index contributed by atoms with van der Waals surface area (Å²) in [5.74, 6) is 1.01. The summed E-state index contributed by atoms with van der Waals surface area (Å²) in [6.07, 6.45) is 2.26. The molecule has 2 aliphatic heterocycles. The second-order valence-electron chi connectivity index (χ2n) is 7.07. The molecule has 0 spiro atoms. The van der Waals surface area contributed by atoms with Crippen LogP contribution in [0, 0.1) is 0 Å².